The number of rotatable bonds is 8. The van der Waals surface area contributed by atoms with Crippen molar-refractivity contribution < 1.29 is 9.53 Å². The fourth-order valence-corrected chi connectivity index (χ4v) is 4.93. The fourth-order valence-electron chi connectivity index (χ4n) is 4.80. The van der Waals surface area contributed by atoms with Gasteiger partial charge in [-0.05, 0) is 86.4 Å². The van der Waals surface area contributed by atoms with Crippen molar-refractivity contribution in [2.24, 2.45) is 0 Å². The van der Waals surface area contributed by atoms with Crippen LogP contribution in [0.1, 0.15) is 40.7 Å². The number of ether oxygens (including phenoxy) is 1. The van der Waals surface area contributed by atoms with Gasteiger partial charge >= 0.3 is 0 Å². The van der Waals surface area contributed by atoms with Crippen LogP contribution in [0.15, 0.2) is 71.8 Å². The van der Waals surface area contributed by atoms with Crippen LogP contribution in [0.25, 0.3) is 10.9 Å². The second-order valence-electron chi connectivity index (χ2n) is 9.69. The molecule has 4 aromatic rings. The van der Waals surface area contributed by atoms with Crippen LogP contribution in [0, 0.1) is 6.92 Å². The molecular weight excluding hydrogens is 500 g/mol. The highest BCUT2D eigenvalue weighted by molar-refractivity contribution is 6.30. The fraction of sp³-hybridized carbons (Fsp3) is 0.300. The molecule has 1 amide bonds. The third-order valence-corrected chi connectivity index (χ3v) is 7.19. The Balaban J connectivity index is 1.28. The number of carbonyl (C=O) groups excluding carboxylic acids is 1. The van der Waals surface area contributed by atoms with Crippen LogP contribution in [0.4, 0.5) is 5.69 Å². The van der Waals surface area contributed by atoms with E-state index in [1.54, 1.807) is 30.3 Å². The summed E-state index contributed by atoms with van der Waals surface area (Å²) in [5, 5.41) is 4.00. The number of nitrogens with zero attached hydrogens (tertiary/aromatic N) is 3. The van der Waals surface area contributed by atoms with E-state index in [1.807, 2.05) is 37.3 Å². The number of likely N-dealkylation sites (tertiary alicyclic amines) is 1. The highest BCUT2D eigenvalue weighted by Gasteiger charge is 2.16. The Bertz CT molecular complexity index is 1490. The second kappa shape index (κ2) is 11.8. The topological polar surface area (TPSA) is 76.5 Å². The Morgan fingerprint density at radius 1 is 1.05 bits per heavy atom. The molecule has 1 aliphatic heterocycles. The number of nitrogens with one attached hydrogen (secondary N) is 1. The van der Waals surface area contributed by atoms with Crippen LogP contribution >= 0.6 is 11.6 Å². The van der Waals surface area contributed by atoms with E-state index in [1.165, 1.54) is 30.2 Å². The molecule has 1 N–H and O–H groups in total. The van der Waals surface area contributed by atoms with Crippen LogP contribution < -0.4 is 15.6 Å². The summed E-state index contributed by atoms with van der Waals surface area (Å²) in [6, 6.07) is 18.1. The van der Waals surface area contributed by atoms with E-state index in [0.717, 1.165) is 36.5 Å². The second-order valence-corrected chi connectivity index (χ2v) is 10.1. The lowest BCUT2D eigenvalue weighted by Crippen LogP contribution is -2.33. The normalized spacial score (nSPS) is 13.9. The van der Waals surface area contributed by atoms with E-state index in [9.17, 15) is 9.59 Å². The van der Waals surface area contributed by atoms with Gasteiger partial charge in [0.1, 0.15) is 12.4 Å². The molecule has 8 heteroatoms. The number of hydrogen-bond donors (Lipinski definition) is 1. The molecule has 7 nitrogen and oxygen atoms in total. The number of aryl methyl sites for hydroxylation is 1. The van der Waals surface area contributed by atoms with Gasteiger partial charge in [0.05, 0.1) is 29.3 Å². The van der Waals surface area contributed by atoms with Crippen molar-refractivity contribution >= 4 is 34.1 Å². The predicted molar refractivity (Wildman–Crippen MR) is 151 cm³/mol. The zero-order valence-corrected chi connectivity index (χ0v) is 22.2. The van der Waals surface area contributed by atoms with Gasteiger partial charge in [-0.1, -0.05) is 36.2 Å². The number of amides is 1. The lowest BCUT2D eigenvalue weighted by Gasteiger charge is -2.26. The van der Waals surface area contributed by atoms with Crippen molar-refractivity contribution in [2.45, 2.75) is 32.7 Å². The number of anilines is 1. The largest absolute Gasteiger partial charge is 0.492 e. The maximum Gasteiger partial charge on any atom is 0.261 e. The van der Waals surface area contributed by atoms with Crippen LogP contribution in [0.3, 0.4) is 0 Å². The molecule has 0 atom stereocenters. The molecule has 1 aliphatic rings. The van der Waals surface area contributed by atoms with Crippen molar-refractivity contribution in [1.82, 2.24) is 14.5 Å². The van der Waals surface area contributed by atoms with Gasteiger partial charge < -0.3 is 10.1 Å². The number of hydrogen-bond acceptors (Lipinski definition) is 5. The van der Waals surface area contributed by atoms with Gasteiger partial charge in [-0.15, -0.1) is 0 Å². The Hall–Kier alpha value is -3.68. The van der Waals surface area contributed by atoms with Gasteiger partial charge in [0.15, 0.2) is 0 Å². The van der Waals surface area contributed by atoms with Gasteiger partial charge in [0.2, 0.25) is 0 Å². The molecule has 0 saturated carbocycles. The average Bonchev–Trinajstić information content (AvgIpc) is 2.93. The molecule has 1 fully saturated rings. The van der Waals surface area contributed by atoms with E-state index in [-0.39, 0.29) is 11.5 Å². The molecule has 0 spiro atoms. The minimum absolute atomic E-state index is 0.207. The van der Waals surface area contributed by atoms with Crippen LogP contribution in [0.2, 0.25) is 5.02 Å². The zero-order valence-electron chi connectivity index (χ0n) is 21.5. The molecule has 1 aromatic heterocycles. The van der Waals surface area contributed by atoms with Gasteiger partial charge in [-0.25, -0.2) is 4.98 Å². The number of carbonyl (C=O) groups is 1. The first-order chi connectivity index (χ1) is 18.5. The SMILES string of the molecule is Cc1cc(OCCN2CCCCC2)ccc1NC(=O)c1cccc2c(=O)n(Cc3ccc(Cl)cc3)cnc12. The molecular formula is C30H31ClN4O3. The summed E-state index contributed by atoms with van der Waals surface area (Å²) in [5.41, 5.74) is 3.03. The Kier molecular flexibility index (Phi) is 8.05. The molecule has 0 radical (unpaired) electrons. The summed E-state index contributed by atoms with van der Waals surface area (Å²) < 4.78 is 7.49. The summed E-state index contributed by atoms with van der Waals surface area (Å²) in [4.78, 5) is 33.3. The molecule has 196 valence electrons. The van der Waals surface area contributed by atoms with E-state index in [2.05, 4.69) is 15.2 Å². The van der Waals surface area contributed by atoms with Crippen LogP contribution in [-0.2, 0) is 6.54 Å². The third kappa shape index (κ3) is 6.06. The van der Waals surface area contributed by atoms with Crippen molar-refractivity contribution in [1.29, 1.82) is 0 Å². The summed E-state index contributed by atoms with van der Waals surface area (Å²) >= 11 is 5.97. The quantitative estimate of drug-likeness (QED) is 0.324. The van der Waals surface area contributed by atoms with E-state index >= 15 is 0 Å². The van der Waals surface area contributed by atoms with Crippen molar-refractivity contribution in [3.05, 3.63) is 99.1 Å². The first-order valence-corrected chi connectivity index (χ1v) is 13.4. The first kappa shape index (κ1) is 25.9. The summed E-state index contributed by atoms with van der Waals surface area (Å²) in [5.74, 6) is 0.463. The Morgan fingerprint density at radius 2 is 1.84 bits per heavy atom. The maximum absolute atomic E-state index is 13.2. The molecule has 0 bridgehead atoms. The number of benzene rings is 3. The number of piperidine rings is 1. The van der Waals surface area contributed by atoms with E-state index in [4.69, 9.17) is 16.3 Å². The molecule has 3 aromatic carbocycles. The molecule has 5 rings (SSSR count). The minimum atomic E-state index is -0.320. The predicted octanol–water partition coefficient (Wildman–Crippen LogP) is 5.52. The molecule has 0 unspecified atom stereocenters. The monoisotopic (exact) mass is 530 g/mol. The highest BCUT2D eigenvalue weighted by atomic mass is 35.5. The standard InChI is InChI=1S/C30H31ClN4O3/c1-21-18-24(38-17-16-34-14-3-2-4-15-34)12-13-27(21)33-29(36)25-6-5-7-26-28(25)32-20-35(30(26)37)19-22-8-10-23(31)11-9-22/h5-13,18,20H,2-4,14-17,19H2,1H3,(H,33,36). The van der Waals surface area contributed by atoms with Gasteiger partial charge in [0, 0.05) is 17.3 Å². The van der Waals surface area contributed by atoms with Crippen molar-refractivity contribution in [3.63, 3.8) is 0 Å². The summed E-state index contributed by atoms with van der Waals surface area (Å²) in [7, 11) is 0. The highest BCUT2D eigenvalue weighted by Crippen LogP contribution is 2.23. The Morgan fingerprint density at radius 3 is 2.61 bits per heavy atom. The zero-order chi connectivity index (χ0) is 26.5. The average molecular weight is 531 g/mol. The van der Waals surface area contributed by atoms with Crippen molar-refractivity contribution in [3.8, 4) is 5.75 Å². The smallest absolute Gasteiger partial charge is 0.261 e. The third-order valence-electron chi connectivity index (χ3n) is 6.94. The lowest BCUT2D eigenvalue weighted by molar-refractivity contribution is 0.102. The molecule has 1 saturated heterocycles. The van der Waals surface area contributed by atoms with Crippen LogP contribution in [-0.4, -0.2) is 46.6 Å². The maximum atomic E-state index is 13.2. The van der Waals surface area contributed by atoms with Crippen molar-refractivity contribution in [2.75, 3.05) is 31.6 Å². The van der Waals surface area contributed by atoms with E-state index in [0.29, 0.717) is 40.3 Å². The van der Waals surface area contributed by atoms with Gasteiger partial charge in [0.25, 0.3) is 11.5 Å². The Labute approximate surface area is 227 Å². The summed E-state index contributed by atoms with van der Waals surface area (Å²) in [6.45, 7) is 6.15. The molecule has 2 heterocycles. The van der Waals surface area contributed by atoms with Gasteiger partial charge in [-0.3, -0.25) is 19.1 Å². The number of halogens is 1. The minimum Gasteiger partial charge on any atom is -0.492 e. The number of fused-ring (bicyclic) bond motifs is 1. The number of aromatic nitrogens is 2. The number of para-hydroxylation sites is 1. The van der Waals surface area contributed by atoms with Gasteiger partial charge in [-0.2, -0.15) is 0 Å². The first-order valence-electron chi connectivity index (χ1n) is 13.0. The molecule has 0 aliphatic carbocycles. The lowest BCUT2D eigenvalue weighted by atomic mass is 10.1. The van der Waals surface area contributed by atoms with E-state index < -0.39 is 0 Å². The van der Waals surface area contributed by atoms with Crippen LogP contribution in [0.5, 0.6) is 5.75 Å². The summed E-state index contributed by atoms with van der Waals surface area (Å²) in [6.07, 6.45) is 5.33. The molecule has 38 heavy (non-hydrogen) atoms.